The summed E-state index contributed by atoms with van der Waals surface area (Å²) >= 11 is 0. The molecule has 5 heteroatoms. The molecule has 1 aromatic carbocycles. The van der Waals surface area contributed by atoms with E-state index in [9.17, 15) is 8.42 Å². The lowest BCUT2D eigenvalue weighted by Gasteiger charge is -2.03. The van der Waals surface area contributed by atoms with Crippen molar-refractivity contribution in [1.29, 1.82) is 0 Å². The van der Waals surface area contributed by atoms with Crippen LogP contribution >= 0.6 is 0 Å². The number of nitrogens with one attached hydrogen (secondary N) is 1. The first kappa shape index (κ1) is 10.7. The molecule has 0 aliphatic carbocycles. The Bertz CT molecular complexity index is 397. The standard InChI is InChI=1S/C9H11NO3S/c11-8-4-7-10-14(12,13)9-5-2-1-3-6-9/h1-6,8,10-11H,7H2. The second kappa shape index (κ2) is 4.78. The quantitative estimate of drug-likeness (QED) is 0.734. The zero-order valence-electron chi connectivity index (χ0n) is 7.42. The van der Waals surface area contributed by atoms with E-state index >= 15 is 0 Å². The third-order valence-electron chi connectivity index (χ3n) is 1.55. The molecular weight excluding hydrogens is 202 g/mol. The molecule has 0 saturated carbocycles. The molecule has 0 heterocycles. The SMILES string of the molecule is O=S(=O)(NCC=CO)c1ccccc1. The Morgan fingerprint density at radius 3 is 2.50 bits per heavy atom. The molecule has 1 rings (SSSR count). The summed E-state index contributed by atoms with van der Waals surface area (Å²) in [6.07, 6.45) is 2.11. The number of rotatable bonds is 4. The molecule has 0 atom stereocenters. The summed E-state index contributed by atoms with van der Waals surface area (Å²) in [5.74, 6) is 0. The summed E-state index contributed by atoms with van der Waals surface area (Å²) in [7, 11) is -3.44. The molecule has 1 aromatic rings. The van der Waals surface area contributed by atoms with Crippen molar-refractivity contribution in [1.82, 2.24) is 4.72 Å². The van der Waals surface area contributed by atoms with Crippen LogP contribution in [0.5, 0.6) is 0 Å². The maximum atomic E-state index is 11.5. The highest BCUT2D eigenvalue weighted by Gasteiger charge is 2.10. The van der Waals surface area contributed by atoms with E-state index in [0.29, 0.717) is 0 Å². The van der Waals surface area contributed by atoms with Crippen LogP contribution in [0.1, 0.15) is 0 Å². The normalized spacial score (nSPS) is 12.0. The van der Waals surface area contributed by atoms with E-state index in [2.05, 4.69) is 4.72 Å². The van der Waals surface area contributed by atoms with Crippen LogP contribution in [-0.4, -0.2) is 20.1 Å². The van der Waals surface area contributed by atoms with Crippen molar-refractivity contribution >= 4 is 10.0 Å². The van der Waals surface area contributed by atoms with E-state index in [4.69, 9.17) is 5.11 Å². The van der Waals surface area contributed by atoms with Gasteiger partial charge in [0.25, 0.3) is 0 Å². The van der Waals surface area contributed by atoms with Crippen LogP contribution in [0, 0.1) is 0 Å². The molecule has 14 heavy (non-hydrogen) atoms. The number of benzene rings is 1. The number of aliphatic hydroxyl groups is 1. The van der Waals surface area contributed by atoms with Gasteiger partial charge in [0, 0.05) is 6.54 Å². The van der Waals surface area contributed by atoms with Gasteiger partial charge in [-0.25, -0.2) is 13.1 Å². The van der Waals surface area contributed by atoms with Crippen LogP contribution in [0.4, 0.5) is 0 Å². The van der Waals surface area contributed by atoms with Gasteiger partial charge in [0.1, 0.15) is 0 Å². The monoisotopic (exact) mass is 213 g/mol. The van der Waals surface area contributed by atoms with Gasteiger partial charge in [-0.05, 0) is 18.2 Å². The van der Waals surface area contributed by atoms with Crippen molar-refractivity contribution in [2.75, 3.05) is 6.54 Å². The van der Waals surface area contributed by atoms with Gasteiger partial charge in [0.2, 0.25) is 10.0 Å². The molecule has 4 nitrogen and oxygen atoms in total. The van der Waals surface area contributed by atoms with Crippen LogP contribution in [0.2, 0.25) is 0 Å². The van der Waals surface area contributed by atoms with Crippen molar-refractivity contribution in [3.8, 4) is 0 Å². The van der Waals surface area contributed by atoms with Gasteiger partial charge in [-0.1, -0.05) is 18.2 Å². The predicted octanol–water partition coefficient (Wildman–Crippen LogP) is 1.04. The molecule has 0 fully saturated rings. The minimum absolute atomic E-state index is 0.0771. The number of aliphatic hydroxyl groups excluding tert-OH is 1. The van der Waals surface area contributed by atoms with Gasteiger partial charge < -0.3 is 5.11 Å². The molecule has 0 bridgehead atoms. The predicted molar refractivity (Wildman–Crippen MR) is 53.4 cm³/mol. The summed E-state index contributed by atoms with van der Waals surface area (Å²) in [5.41, 5.74) is 0. The zero-order valence-corrected chi connectivity index (χ0v) is 8.24. The largest absolute Gasteiger partial charge is 0.516 e. The molecule has 0 aliphatic rings. The van der Waals surface area contributed by atoms with E-state index in [1.165, 1.54) is 18.2 Å². The van der Waals surface area contributed by atoms with Gasteiger partial charge >= 0.3 is 0 Å². The van der Waals surface area contributed by atoms with Gasteiger partial charge in [-0.15, -0.1) is 0 Å². The molecule has 0 amide bonds. The average molecular weight is 213 g/mol. The highest BCUT2D eigenvalue weighted by atomic mass is 32.2. The van der Waals surface area contributed by atoms with Crippen LogP contribution in [0.25, 0.3) is 0 Å². The van der Waals surface area contributed by atoms with E-state index in [1.807, 2.05) is 0 Å². The fourth-order valence-electron chi connectivity index (χ4n) is 0.894. The first-order valence-corrected chi connectivity index (χ1v) is 5.49. The van der Waals surface area contributed by atoms with E-state index in [-0.39, 0.29) is 11.4 Å². The fourth-order valence-corrected chi connectivity index (χ4v) is 1.89. The number of hydrogen-bond donors (Lipinski definition) is 2. The van der Waals surface area contributed by atoms with Gasteiger partial charge in [-0.3, -0.25) is 0 Å². The fraction of sp³-hybridized carbons (Fsp3) is 0.111. The average Bonchev–Trinajstić information content (AvgIpc) is 2.19. The van der Waals surface area contributed by atoms with Crippen molar-refractivity contribution in [2.45, 2.75) is 4.90 Å². The summed E-state index contributed by atoms with van der Waals surface area (Å²) < 4.78 is 25.3. The molecule has 0 aromatic heterocycles. The zero-order chi connectivity index (χ0) is 10.4. The summed E-state index contributed by atoms with van der Waals surface area (Å²) in [5, 5.41) is 8.32. The van der Waals surface area contributed by atoms with Gasteiger partial charge in [0.05, 0.1) is 11.2 Å². The highest BCUT2D eigenvalue weighted by Crippen LogP contribution is 2.06. The van der Waals surface area contributed by atoms with E-state index in [1.54, 1.807) is 18.2 Å². The lowest BCUT2D eigenvalue weighted by molar-refractivity contribution is 0.471. The Labute approximate surface area is 82.9 Å². The minimum Gasteiger partial charge on any atom is -0.516 e. The smallest absolute Gasteiger partial charge is 0.240 e. The number of sulfonamides is 1. The maximum Gasteiger partial charge on any atom is 0.240 e. The minimum atomic E-state index is -3.44. The summed E-state index contributed by atoms with van der Waals surface area (Å²) in [4.78, 5) is 0.214. The first-order valence-electron chi connectivity index (χ1n) is 4.01. The number of hydrogen-bond acceptors (Lipinski definition) is 3. The Hall–Kier alpha value is -1.33. The lowest BCUT2D eigenvalue weighted by Crippen LogP contribution is -2.23. The first-order chi connectivity index (χ1) is 6.67. The Morgan fingerprint density at radius 1 is 1.29 bits per heavy atom. The van der Waals surface area contributed by atoms with Crippen LogP contribution in [-0.2, 0) is 10.0 Å². The molecule has 0 radical (unpaired) electrons. The summed E-state index contributed by atoms with van der Waals surface area (Å²) in [6, 6.07) is 8.05. The van der Waals surface area contributed by atoms with E-state index < -0.39 is 10.0 Å². The van der Waals surface area contributed by atoms with Crippen LogP contribution in [0.15, 0.2) is 47.6 Å². The van der Waals surface area contributed by atoms with Crippen LogP contribution in [0.3, 0.4) is 0 Å². The molecule has 0 spiro atoms. The molecule has 2 N–H and O–H groups in total. The second-order valence-electron chi connectivity index (χ2n) is 2.55. The third kappa shape index (κ3) is 2.86. The lowest BCUT2D eigenvalue weighted by atomic mass is 10.4. The van der Waals surface area contributed by atoms with Crippen molar-refractivity contribution in [2.24, 2.45) is 0 Å². The highest BCUT2D eigenvalue weighted by molar-refractivity contribution is 7.89. The molecule has 0 saturated heterocycles. The second-order valence-corrected chi connectivity index (χ2v) is 4.32. The maximum absolute atomic E-state index is 11.5. The third-order valence-corrected chi connectivity index (χ3v) is 2.99. The van der Waals surface area contributed by atoms with Gasteiger partial charge in [0.15, 0.2) is 0 Å². The molecule has 76 valence electrons. The molecule has 0 aliphatic heterocycles. The van der Waals surface area contributed by atoms with Crippen LogP contribution < -0.4 is 4.72 Å². The Balaban J connectivity index is 2.77. The van der Waals surface area contributed by atoms with Crippen molar-refractivity contribution in [3.05, 3.63) is 42.7 Å². The van der Waals surface area contributed by atoms with Crippen molar-refractivity contribution < 1.29 is 13.5 Å². The summed E-state index contributed by atoms with van der Waals surface area (Å²) in [6.45, 7) is 0.0771. The van der Waals surface area contributed by atoms with Gasteiger partial charge in [-0.2, -0.15) is 0 Å². The Morgan fingerprint density at radius 2 is 1.93 bits per heavy atom. The topological polar surface area (TPSA) is 66.4 Å². The molecular formula is C9H11NO3S. The van der Waals surface area contributed by atoms with E-state index in [0.717, 1.165) is 6.26 Å². The molecule has 0 unspecified atom stereocenters. The Kier molecular flexibility index (Phi) is 3.67. The van der Waals surface area contributed by atoms with Crippen molar-refractivity contribution in [3.63, 3.8) is 0 Å².